The van der Waals surface area contributed by atoms with Crippen molar-refractivity contribution in [1.82, 2.24) is 25.5 Å². The van der Waals surface area contributed by atoms with Gasteiger partial charge in [-0.05, 0) is 65.1 Å². The van der Waals surface area contributed by atoms with Gasteiger partial charge < -0.3 is 10.4 Å². The Morgan fingerprint density at radius 2 is 1.79 bits per heavy atom. The molecule has 7 nitrogen and oxygen atoms in total. The first-order chi connectivity index (χ1) is 13.9. The molecule has 0 bridgehead atoms. The van der Waals surface area contributed by atoms with E-state index in [9.17, 15) is 9.90 Å². The summed E-state index contributed by atoms with van der Waals surface area (Å²) in [5.74, 6) is 0.901. The molecule has 1 unspecified atom stereocenters. The van der Waals surface area contributed by atoms with Gasteiger partial charge in [0.2, 0.25) is 11.1 Å². The van der Waals surface area contributed by atoms with E-state index in [1.807, 2.05) is 6.92 Å². The Bertz CT molecular complexity index is 938. The number of rotatable bonds is 8. The van der Waals surface area contributed by atoms with Crippen molar-refractivity contribution in [2.75, 3.05) is 5.75 Å². The summed E-state index contributed by atoms with van der Waals surface area (Å²) >= 11 is 1.26. The van der Waals surface area contributed by atoms with Crippen molar-refractivity contribution in [2.45, 2.75) is 38.4 Å². The van der Waals surface area contributed by atoms with E-state index in [1.165, 1.54) is 22.0 Å². The van der Waals surface area contributed by atoms with Crippen LogP contribution in [0.15, 0.2) is 53.7 Å². The third-order valence-electron chi connectivity index (χ3n) is 4.37. The number of thioether (sulfide) groups is 1. The first kappa shape index (κ1) is 20.9. The number of aromatic nitrogens is 4. The van der Waals surface area contributed by atoms with Crippen molar-refractivity contribution in [3.8, 4) is 11.4 Å². The van der Waals surface area contributed by atoms with Crippen molar-refractivity contribution in [3.63, 3.8) is 0 Å². The van der Waals surface area contributed by atoms with Gasteiger partial charge in [0.15, 0.2) is 0 Å². The van der Waals surface area contributed by atoms with Crippen LogP contribution in [-0.2, 0) is 11.2 Å². The number of aromatic hydroxyl groups is 1. The van der Waals surface area contributed by atoms with Gasteiger partial charge in [0.25, 0.3) is 0 Å². The SMILES string of the molecule is CC(C)Cc1ccc(C(C)NC(=O)CSc2nnnn2-c2ccc(O)cc2)cc1. The summed E-state index contributed by atoms with van der Waals surface area (Å²) in [5.41, 5.74) is 3.09. The van der Waals surface area contributed by atoms with Crippen LogP contribution in [0.4, 0.5) is 0 Å². The molecule has 0 aliphatic rings. The summed E-state index contributed by atoms with van der Waals surface area (Å²) in [6.45, 7) is 6.37. The molecule has 1 heterocycles. The van der Waals surface area contributed by atoms with Gasteiger partial charge in [0.05, 0.1) is 17.5 Å². The number of tetrazole rings is 1. The number of nitrogens with one attached hydrogen (secondary N) is 1. The average molecular weight is 412 g/mol. The molecule has 2 aromatic carbocycles. The molecule has 0 aliphatic carbocycles. The number of nitrogens with zero attached hydrogens (tertiary/aromatic N) is 4. The van der Waals surface area contributed by atoms with Crippen LogP contribution in [0.5, 0.6) is 5.75 Å². The summed E-state index contributed by atoms with van der Waals surface area (Å²) in [6.07, 6.45) is 1.05. The highest BCUT2D eigenvalue weighted by Gasteiger charge is 2.14. The third-order valence-corrected chi connectivity index (χ3v) is 5.29. The molecule has 1 amide bonds. The number of amides is 1. The van der Waals surface area contributed by atoms with E-state index in [0.29, 0.717) is 16.8 Å². The molecule has 1 atom stereocenters. The normalized spacial score (nSPS) is 12.1. The Hall–Kier alpha value is -2.87. The van der Waals surface area contributed by atoms with Crippen LogP contribution in [0.25, 0.3) is 5.69 Å². The second-order valence-corrected chi connectivity index (χ2v) is 8.25. The van der Waals surface area contributed by atoms with Crippen LogP contribution < -0.4 is 5.32 Å². The molecule has 2 N–H and O–H groups in total. The van der Waals surface area contributed by atoms with Crippen molar-refractivity contribution in [3.05, 3.63) is 59.7 Å². The lowest BCUT2D eigenvalue weighted by Crippen LogP contribution is -2.28. The maximum Gasteiger partial charge on any atom is 0.230 e. The summed E-state index contributed by atoms with van der Waals surface area (Å²) in [6, 6.07) is 14.9. The number of carbonyl (C=O) groups is 1. The minimum atomic E-state index is -0.0889. The van der Waals surface area contributed by atoms with Gasteiger partial charge in [-0.3, -0.25) is 4.79 Å². The molecule has 0 saturated carbocycles. The highest BCUT2D eigenvalue weighted by molar-refractivity contribution is 7.99. The van der Waals surface area contributed by atoms with Crippen LogP contribution >= 0.6 is 11.8 Å². The Morgan fingerprint density at radius 1 is 1.10 bits per heavy atom. The highest BCUT2D eigenvalue weighted by Crippen LogP contribution is 2.20. The minimum absolute atomic E-state index is 0.0794. The summed E-state index contributed by atoms with van der Waals surface area (Å²) in [4.78, 5) is 12.4. The summed E-state index contributed by atoms with van der Waals surface area (Å²) in [5, 5.41) is 24.6. The summed E-state index contributed by atoms with van der Waals surface area (Å²) in [7, 11) is 0. The number of hydrogen-bond acceptors (Lipinski definition) is 6. The van der Waals surface area contributed by atoms with Crippen LogP contribution in [0, 0.1) is 5.92 Å². The van der Waals surface area contributed by atoms with E-state index in [1.54, 1.807) is 24.3 Å². The Balaban J connectivity index is 1.55. The van der Waals surface area contributed by atoms with Gasteiger partial charge >= 0.3 is 0 Å². The zero-order valence-electron chi connectivity index (χ0n) is 16.7. The standard InChI is InChI=1S/C21H25N5O2S/c1-14(2)12-16-4-6-17(7-5-16)15(3)22-20(28)13-29-21-23-24-25-26(21)18-8-10-19(27)11-9-18/h4-11,14-15,27H,12-13H2,1-3H3,(H,22,28). The van der Waals surface area contributed by atoms with Crippen LogP contribution in [0.3, 0.4) is 0 Å². The minimum Gasteiger partial charge on any atom is -0.508 e. The predicted molar refractivity (Wildman–Crippen MR) is 113 cm³/mol. The Labute approximate surface area is 174 Å². The number of phenolic OH excluding ortho intramolecular Hbond substituents is 1. The fourth-order valence-electron chi connectivity index (χ4n) is 2.94. The Morgan fingerprint density at radius 3 is 2.45 bits per heavy atom. The van der Waals surface area contributed by atoms with Crippen molar-refractivity contribution >= 4 is 17.7 Å². The smallest absolute Gasteiger partial charge is 0.230 e. The molecule has 0 fully saturated rings. The van der Waals surface area contributed by atoms with Gasteiger partial charge in [-0.15, -0.1) is 5.10 Å². The molecule has 1 aromatic heterocycles. The molecule has 0 aliphatic heterocycles. The molecular weight excluding hydrogens is 386 g/mol. The number of benzene rings is 2. The van der Waals surface area contributed by atoms with Gasteiger partial charge in [-0.25, -0.2) is 0 Å². The van der Waals surface area contributed by atoms with Gasteiger partial charge in [0.1, 0.15) is 5.75 Å². The van der Waals surface area contributed by atoms with E-state index >= 15 is 0 Å². The molecule has 8 heteroatoms. The molecule has 0 saturated heterocycles. The molecule has 3 aromatic rings. The second kappa shape index (κ2) is 9.56. The van der Waals surface area contributed by atoms with Crippen molar-refractivity contribution in [1.29, 1.82) is 0 Å². The fourth-order valence-corrected chi connectivity index (χ4v) is 3.64. The van der Waals surface area contributed by atoms with Crippen LogP contribution in [0.1, 0.15) is 37.9 Å². The fraction of sp³-hybridized carbons (Fsp3) is 0.333. The van der Waals surface area contributed by atoms with E-state index in [2.05, 4.69) is 59.0 Å². The lowest BCUT2D eigenvalue weighted by atomic mass is 10.00. The van der Waals surface area contributed by atoms with Crippen molar-refractivity contribution < 1.29 is 9.90 Å². The molecule has 0 spiro atoms. The predicted octanol–water partition coefficient (Wildman–Crippen LogP) is 3.54. The zero-order chi connectivity index (χ0) is 20.8. The number of hydrogen-bond donors (Lipinski definition) is 2. The zero-order valence-corrected chi connectivity index (χ0v) is 17.6. The molecule has 29 heavy (non-hydrogen) atoms. The lowest BCUT2D eigenvalue weighted by molar-refractivity contribution is -0.119. The summed E-state index contributed by atoms with van der Waals surface area (Å²) < 4.78 is 1.54. The van der Waals surface area contributed by atoms with E-state index in [0.717, 1.165) is 12.0 Å². The quantitative estimate of drug-likeness (QED) is 0.551. The van der Waals surface area contributed by atoms with Crippen LogP contribution in [0.2, 0.25) is 0 Å². The Kier molecular flexibility index (Phi) is 6.87. The topological polar surface area (TPSA) is 92.9 Å². The monoisotopic (exact) mass is 411 g/mol. The highest BCUT2D eigenvalue weighted by atomic mass is 32.2. The second-order valence-electron chi connectivity index (χ2n) is 7.31. The largest absolute Gasteiger partial charge is 0.508 e. The third kappa shape index (κ3) is 5.80. The van der Waals surface area contributed by atoms with E-state index < -0.39 is 0 Å². The first-order valence-corrected chi connectivity index (χ1v) is 10.5. The van der Waals surface area contributed by atoms with E-state index in [4.69, 9.17) is 0 Å². The van der Waals surface area contributed by atoms with Gasteiger partial charge in [-0.1, -0.05) is 49.9 Å². The lowest BCUT2D eigenvalue weighted by Gasteiger charge is -2.15. The van der Waals surface area contributed by atoms with Gasteiger partial charge in [0, 0.05) is 0 Å². The first-order valence-electron chi connectivity index (χ1n) is 9.51. The molecule has 0 radical (unpaired) electrons. The molecular formula is C21H25N5O2S. The number of carbonyl (C=O) groups excluding carboxylic acids is 1. The van der Waals surface area contributed by atoms with Crippen molar-refractivity contribution in [2.24, 2.45) is 5.92 Å². The average Bonchev–Trinajstić information content (AvgIpc) is 3.15. The maximum atomic E-state index is 12.4. The van der Waals surface area contributed by atoms with Crippen LogP contribution in [-0.4, -0.2) is 37.0 Å². The maximum absolute atomic E-state index is 12.4. The van der Waals surface area contributed by atoms with Gasteiger partial charge in [-0.2, -0.15) is 4.68 Å². The molecule has 152 valence electrons. The molecule has 3 rings (SSSR count). The van der Waals surface area contributed by atoms with E-state index in [-0.39, 0.29) is 23.5 Å². The number of phenols is 1.